The Morgan fingerprint density at radius 3 is 2.79 bits per heavy atom. The van der Waals surface area contributed by atoms with Gasteiger partial charge in [-0.15, -0.1) is 0 Å². The van der Waals surface area contributed by atoms with Gasteiger partial charge in [0, 0.05) is 19.1 Å². The summed E-state index contributed by atoms with van der Waals surface area (Å²) in [7, 11) is -3.40. The molecule has 2 unspecified atom stereocenters. The predicted octanol–water partition coefficient (Wildman–Crippen LogP) is -0.491. The van der Waals surface area contributed by atoms with E-state index in [1.165, 1.54) is 4.31 Å². The average molecular weight is 217 g/mol. The second-order valence-corrected chi connectivity index (χ2v) is 5.67. The van der Waals surface area contributed by atoms with Gasteiger partial charge in [0.05, 0.1) is 6.07 Å². The Balaban J connectivity index is 2.69. The first kappa shape index (κ1) is 11.4. The lowest BCUT2D eigenvalue weighted by Gasteiger charge is -2.33. The molecule has 6 heteroatoms. The molecule has 0 amide bonds. The zero-order chi connectivity index (χ0) is 10.8. The van der Waals surface area contributed by atoms with E-state index in [1.807, 2.05) is 6.92 Å². The van der Waals surface area contributed by atoms with Gasteiger partial charge in [0.15, 0.2) is 5.75 Å². The first-order chi connectivity index (χ1) is 6.47. The van der Waals surface area contributed by atoms with E-state index in [1.54, 1.807) is 6.07 Å². The fourth-order valence-corrected chi connectivity index (χ4v) is 2.62. The minimum atomic E-state index is -3.40. The molecule has 1 heterocycles. The molecule has 14 heavy (non-hydrogen) atoms. The Kier molecular flexibility index (Phi) is 3.48. The Labute approximate surface area is 84.5 Å². The lowest BCUT2D eigenvalue weighted by molar-refractivity contribution is 0.253. The first-order valence-electron chi connectivity index (χ1n) is 4.57. The van der Waals surface area contributed by atoms with Gasteiger partial charge in [-0.2, -0.15) is 9.57 Å². The minimum Gasteiger partial charge on any atom is -0.326 e. The Morgan fingerprint density at radius 1 is 1.64 bits per heavy atom. The van der Waals surface area contributed by atoms with E-state index < -0.39 is 15.8 Å². The fourth-order valence-electron chi connectivity index (χ4n) is 1.49. The van der Waals surface area contributed by atoms with Crippen molar-refractivity contribution in [2.75, 3.05) is 18.8 Å². The van der Waals surface area contributed by atoms with Gasteiger partial charge in [0.2, 0.25) is 10.0 Å². The highest BCUT2D eigenvalue weighted by atomic mass is 32.2. The summed E-state index contributed by atoms with van der Waals surface area (Å²) >= 11 is 0. The van der Waals surface area contributed by atoms with Crippen LogP contribution in [-0.4, -0.2) is 37.6 Å². The van der Waals surface area contributed by atoms with E-state index in [0.29, 0.717) is 19.0 Å². The number of rotatable bonds is 2. The molecule has 1 saturated heterocycles. The van der Waals surface area contributed by atoms with E-state index in [-0.39, 0.29) is 6.04 Å². The lowest BCUT2D eigenvalue weighted by atomic mass is 9.96. The monoisotopic (exact) mass is 217 g/mol. The molecule has 0 aromatic rings. The molecule has 0 bridgehead atoms. The van der Waals surface area contributed by atoms with Crippen LogP contribution in [0.5, 0.6) is 0 Å². The fraction of sp³-hybridized carbons (Fsp3) is 0.875. The van der Waals surface area contributed by atoms with Crippen LogP contribution in [0.25, 0.3) is 0 Å². The van der Waals surface area contributed by atoms with Crippen LogP contribution >= 0.6 is 0 Å². The van der Waals surface area contributed by atoms with Crippen LogP contribution in [0.3, 0.4) is 0 Å². The molecule has 0 aromatic carbocycles. The zero-order valence-electron chi connectivity index (χ0n) is 8.18. The number of piperidine rings is 1. The number of nitrogens with two attached hydrogens (primary N) is 1. The van der Waals surface area contributed by atoms with Gasteiger partial charge in [0.25, 0.3) is 0 Å². The first-order valence-corrected chi connectivity index (χ1v) is 6.18. The highest BCUT2D eigenvalue weighted by Crippen LogP contribution is 2.18. The second kappa shape index (κ2) is 4.26. The highest BCUT2D eigenvalue weighted by Gasteiger charge is 2.30. The van der Waals surface area contributed by atoms with E-state index in [2.05, 4.69) is 0 Å². The Morgan fingerprint density at radius 2 is 2.29 bits per heavy atom. The maximum absolute atomic E-state index is 11.5. The quantitative estimate of drug-likeness (QED) is 0.676. The minimum absolute atomic E-state index is 0.114. The van der Waals surface area contributed by atoms with Crippen molar-refractivity contribution in [1.82, 2.24) is 4.31 Å². The zero-order valence-corrected chi connectivity index (χ0v) is 9.00. The lowest BCUT2D eigenvalue weighted by Crippen LogP contribution is -2.50. The summed E-state index contributed by atoms with van der Waals surface area (Å²) in [6.07, 6.45) is 0.770. The second-order valence-electron chi connectivity index (χ2n) is 3.70. The summed E-state index contributed by atoms with van der Waals surface area (Å²) in [4.78, 5) is 0. The van der Waals surface area contributed by atoms with Crippen LogP contribution in [0.4, 0.5) is 0 Å². The predicted molar refractivity (Wildman–Crippen MR) is 52.7 cm³/mol. The van der Waals surface area contributed by atoms with E-state index in [4.69, 9.17) is 11.0 Å². The highest BCUT2D eigenvalue weighted by molar-refractivity contribution is 7.89. The summed E-state index contributed by atoms with van der Waals surface area (Å²) in [6, 6.07) is 1.55. The Bertz CT molecular complexity index is 333. The summed E-state index contributed by atoms with van der Waals surface area (Å²) in [5.74, 6) is -0.0998. The Hall–Kier alpha value is -0.640. The van der Waals surface area contributed by atoms with Crippen molar-refractivity contribution in [3.63, 3.8) is 0 Å². The third kappa shape index (κ3) is 2.44. The molecular formula is C8H15N3O2S. The van der Waals surface area contributed by atoms with Gasteiger partial charge in [-0.25, -0.2) is 8.42 Å². The van der Waals surface area contributed by atoms with Crippen LogP contribution in [-0.2, 0) is 10.0 Å². The van der Waals surface area contributed by atoms with E-state index in [9.17, 15) is 8.42 Å². The number of hydrogen-bond acceptors (Lipinski definition) is 4. The van der Waals surface area contributed by atoms with Gasteiger partial charge in [-0.05, 0) is 12.3 Å². The smallest absolute Gasteiger partial charge is 0.227 e. The van der Waals surface area contributed by atoms with Crippen LogP contribution in [0.15, 0.2) is 0 Å². The maximum Gasteiger partial charge on any atom is 0.227 e. The molecular weight excluding hydrogens is 202 g/mol. The molecule has 80 valence electrons. The number of nitriles is 1. The number of hydrogen-bond donors (Lipinski definition) is 1. The molecule has 0 aromatic heterocycles. The van der Waals surface area contributed by atoms with Crippen LogP contribution in [0, 0.1) is 17.2 Å². The van der Waals surface area contributed by atoms with Crippen molar-refractivity contribution in [3.05, 3.63) is 0 Å². The third-order valence-electron chi connectivity index (χ3n) is 2.62. The normalized spacial score (nSPS) is 29.8. The summed E-state index contributed by atoms with van der Waals surface area (Å²) in [5.41, 5.74) is 5.77. The topological polar surface area (TPSA) is 87.2 Å². The molecule has 1 aliphatic rings. The average Bonchev–Trinajstić information content (AvgIpc) is 2.09. The van der Waals surface area contributed by atoms with Crippen LogP contribution in [0.1, 0.15) is 13.3 Å². The van der Waals surface area contributed by atoms with Gasteiger partial charge >= 0.3 is 0 Å². The van der Waals surface area contributed by atoms with Crippen molar-refractivity contribution in [1.29, 1.82) is 5.26 Å². The molecule has 1 aliphatic heterocycles. The molecule has 2 atom stereocenters. The molecule has 0 saturated carbocycles. The van der Waals surface area contributed by atoms with Crippen LogP contribution < -0.4 is 5.73 Å². The molecule has 1 fully saturated rings. The van der Waals surface area contributed by atoms with Gasteiger partial charge < -0.3 is 5.73 Å². The molecule has 0 spiro atoms. The van der Waals surface area contributed by atoms with Crippen molar-refractivity contribution in [2.45, 2.75) is 19.4 Å². The molecule has 0 aliphatic carbocycles. The SMILES string of the molecule is CC1CCN(S(=O)(=O)CC#N)CC1N. The number of sulfonamides is 1. The van der Waals surface area contributed by atoms with Crippen molar-refractivity contribution in [2.24, 2.45) is 11.7 Å². The van der Waals surface area contributed by atoms with Crippen LogP contribution in [0.2, 0.25) is 0 Å². The van der Waals surface area contributed by atoms with Crippen molar-refractivity contribution >= 4 is 10.0 Å². The number of nitrogens with zero attached hydrogens (tertiary/aromatic N) is 2. The van der Waals surface area contributed by atoms with E-state index >= 15 is 0 Å². The summed E-state index contributed by atoms with van der Waals surface area (Å²) in [5, 5.41) is 8.36. The maximum atomic E-state index is 11.5. The largest absolute Gasteiger partial charge is 0.326 e. The van der Waals surface area contributed by atoms with Gasteiger partial charge in [-0.3, -0.25) is 0 Å². The van der Waals surface area contributed by atoms with Crippen molar-refractivity contribution < 1.29 is 8.42 Å². The molecule has 0 radical (unpaired) electrons. The molecule has 1 rings (SSSR count). The molecule has 2 N–H and O–H groups in total. The third-order valence-corrected chi connectivity index (χ3v) is 4.23. The summed E-state index contributed by atoms with van der Waals surface area (Å²) < 4.78 is 24.3. The van der Waals surface area contributed by atoms with E-state index in [0.717, 1.165) is 6.42 Å². The van der Waals surface area contributed by atoms with Gasteiger partial charge in [0.1, 0.15) is 0 Å². The molecule has 5 nitrogen and oxygen atoms in total. The van der Waals surface area contributed by atoms with Crippen molar-refractivity contribution in [3.8, 4) is 6.07 Å². The van der Waals surface area contributed by atoms with Gasteiger partial charge in [-0.1, -0.05) is 6.92 Å². The standard InChI is InChI=1S/C8H15N3O2S/c1-7-2-4-11(6-8(7)10)14(12,13)5-3-9/h7-8H,2,4-6,10H2,1H3. The summed E-state index contributed by atoms with van der Waals surface area (Å²) in [6.45, 7) is 2.84.